The summed E-state index contributed by atoms with van der Waals surface area (Å²) in [5.74, 6) is 0. The van der Waals surface area contributed by atoms with Gasteiger partial charge >= 0.3 is 0 Å². The fourth-order valence-corrected chi connectivity index (χ4v) is 1.09. The molecule has 0 aromatic heterocycles. The summed E-state index contributed by atoms with van der Waals surface area (Å²) in [6, 6.07) is 7.58. The van der Waals surface area contributed by atoms with E-state index in [9.17, 15) is 4.79 Å². The molecule has 0 fully saturated rings. The number of carbonyl (C=O) groups excluding carboxylic acids is 1. The number of hydrogen-bond donors (Lipinski definition) is 0. The van der Waals surface area contributed by atoms with E-state index >= 15 is 0 Å². The molecule has 0 saturated carbocycles. The predicted octanol–water partition coefficient (Wildman–Crippen LogP) is 2.78. The Hall–Kier alpha value is -1.63. The third-order valence-electron chi connectivity index (χ3n) is 1.71. The number of aldehydes is 1. The monoisotopic (exact) mass is 172 g/mol. The second-order valence-electron chi connectivity index (χ2n) is 2.73. The SMILES string of the molecule is C=C/C=C/Cc1cccc(C=O)c1. The van der Waals surface area contributed by atoms with E-state index in [-0.39, 0.29) is 0 Å². The van der Waals surface area contributed by atoms with Crippen molar-refractivity contribution in [2.45, 2.75) is 6.42 Å². The van der Waals surface area contributed by atoms with Gasteiger partial charge in [-0.1, -0.05) is 43.0 Å². The lowest BCUT2D eigenvalue weighted by Gasteiger charge is -1.96. The Kier molecular flexibility index (Phi) is 3.71. The second kappa shape index (κ2) is 5.09. The number of rotatable bonds is 4. The van der Waals surface area contributed by atoms with Crippen LogP contribution in [0.3, 0.4) is 0 Å². The summed E-state index contributed by atoms with van der Waals surface area (Å²) in [6.45, 7) is 3.58. The van der Waals surface area contributed by atoms with Gasteiger partial charge in [0.25, 0.3) is 0 Å². The van der Waals surface area contributed by atoms with Crippen LogP contribution in [0.15, 0.2) is 49.1 Å². The van der Waals surface area contributed by atoms with Crippen molar-refractivity contribution in [3.63, 3.8) is 0 Å². The maximum Gasteiger partial charge on any atom is 0.150 e. The summed E-state index contributed by atoms with van der Waals surface area (Å²) >= 11 is 0. The highest BCUT2D eigenvalue weighted by atomic mass is 16.1. The van der Waals surface area contributed by atoms with E-state index in [0.717, 1.165) is 23.8 Å². The summed E-state index contributed by atoms with van der Waals surface area (Å²) in [6.07, 6.45) is 7.35. The van der Waals surface area contributed by atoms with E-state index in [2.05, 4.69) is 6.58 Å². The Morgan fingerprint density at radius 1 is 1.38 bits per heavy atom. The third-order valence-corrected chi connectivity index (χ3v) is 1.71. The first-order valence-corrected chi connectivity index (χ1v) is 4.18. The first-order valence-electron chi connectivity index (χ1n) is 4.18. The van der Waals surface area contributed by atoms with E-state index < -0.39 is 0 Å². The fraction of sp³-hybridized carbons (Fsp3) is 0.0833. The highest BCUT2D eigenvalue weighted by Gasteiger charge is 1.91. The maximum atomic E-state index is 10.5. The average molecular weight is 172 g/mol. The van der Waals surface area contributed by atoms with E-state index in [1.165, 1.54) is 0 Å². The minimum atomic E-state index is 0.726. The Balaban J connectivity index is 2.71. The lowest BCUT2D eigenvalue weighted by atomic mass is 10.1. The van der Waals surface area contributed by atoms with Crippen LogP contribution in [0.25, 0.3) is 0 Å². The first-order chi connectivity index (χ1) is 6.36. The minimum absolute atomic E-state index is 0.726. The van der Waals surface area contributed by atoms with Gasteiger partial charge in [0.1, 0.15) is 6.29 Å². The summed E-state index contributed by atoms with van der Waals surface area (Å²) in [5, 5.41) is 0. The van der Waals surface area contributed by atoms with Gasteiger partial charge in [-0.2, -0.15) is 0 Å². The van der Waals surface area contributed by atoms with Crippen LogP contribution in [0.4, 0.5) is 0 Å². The summed E-state index contributed by atoms with van der Waals surface area (Å²) < 4.78 is 0. The van der Waals surface area contributed by atoms with Crippen LogP contribution in [-0.4, -0.2) is 6.29 Å². The summed E-state index contributed by atoms with van der Waals surface area (Å²) in [5.41, 5.74) is 1.87. The van der Waals surface area contributed by atoms with Crippen molar-refractivity contribution >= 4 is 6.29 Å². The molecular weight excluding hydrogens is 160 g/mol. The van der Waals surface area contributed by atoms with Gasteiger partial charge in [0.05, 0.1) is 0 Å². The predicted molar refractivity (Wildman–Crippen MR) is 54.9 cm³/mol. The number of benzene rings is 1. The van der Waals surface area contributed by atoms with Crippen molar-refractivity contribution < 1.29 is 4.79 Å². The van der Waals surface area contributed by atoms with E-state index in [1.54, 1.807) is 12.1 Å². The highest BCUT2D eigenvalue weighted by Crippen LogP contribution is 2.04. The van der Waals surface area contributed by atoms with Gasteiger partial charge < -0.3 is 0 Å². The molecule has 0 saturated heterocycles. The molecule has 1 aromatic rings. The van der Waals surface area contributed by atoms with Gasteiger partial charge in [-0.3, -0.25) is 4.79 Å². The van der Waals surface area contributed by atoms with Crippen molar-refractivity contribution in [1.82, 2.24) is 0 Å². The zero-order valence-corrected chi connectivity index (χ0v) is 7.44. The van der Waals surface area contributed by atoms with Crippen molar-refractivity contribution in [2.75, 3.05) is 0 Å². The Morgan fingerprint density at radius 2 is 2.23 bits per heavy atom. The van der Waals surface area contributed by atoms with Gasteiger partial charge in [-0.15, -0.1) is 0 Å². The molecule has 0 amide bonds. The Morgan fingerprint density at radius 3 is 2.92 bits per heavy atom. The molecular formula is C12H12O. The largest absolute Gasteiger partial charge is 0.298 e. The number of allylic oxidation sites excluding steroid dienone is 3. The molecule has 0 aliphatic heterocycles. The molecule has 13 heavy (non-hydrogen) atoms. The van der Waals surface area contributed by atoms with Gasteiger partial charge in [0, 0.05) is 5.56 Å². The topological polar surface area (TPSA) is 17.1 Å². The van der Waals surface area contributed by atoms with Crippen molar-refractivity contribution in [1.29, 1.82) is 0 Å². The highest BCUT2D eigenvalue weighted by molar-refractivity contribution is 5.74. The second-order valence-corrected chi connectivity index (χ2v) is 2.73. The average Bonchev–Trinajstić information content (AvgIpc) is 2.19. The van der Waals surface area contributed by atoms with E-state index in [4.69, 9.17) is 0 Å². The molecule has 0 bridgehead atoms. The van der Waals surface area contributed by atoms with Crippen LogP contribution in [0.1, 0.15) is 15.9 Å². The summed E-state index contributed by atoms with van der Waals surface area (Å²) in [4.78, 5) is 10.5. The number of carbonyl (C=O) groups is 1. The quantitative estimate of drug-likeness (QED) is 0.504. The molecule has 0 aliphatic rings. The standard InChI is InChI=1S/C12H12O/c1-2-3-4-6-11-7-5-8-12(9-11)10-13/h2-5,7-10H,1,6H2/b4-3+. The van der Waals surface area contributed by atoms with Crippen molar-refractivity contribution in [2.24, 2.45) is 0 Å². The molecule has 0 aliphatic carbocycles. The zero-order chi connectivity index (χ0) is 9.52. The Labute approximate surface area is 78.4 Å². The van der Waals surface area contributed by atoms with E-state index in [0.29, 0.717) is 0 Å². The molecule has 0 atom stereocenters. The smallest absolute Gasteiger partial charge is 0.150 e. The first kappa shape index (κ1) is 9.46. The Bertz CT molecular complexity index is 324. The van der Waals surface area contributed by atoms with Crippen LogP contribution in [0.5, 0.6) is 0 Å². The van der Waals surface area contributed by atoms with Gasteiger partial charge in [0.15, 0.2) is 0 Å². The summed E-state index contributed by atoms with van der Waals surface area (Å²) in [7, 11) is 0. The van der Waals surface area contributed by atoms with Crippen molar-refractivity contribution in [3.05, 3.63) is 60.2 Å². The molecule has 0 N–H and O–H groups in total. The fourth-order valence-electron chi connectivity index (χ4n) is 1.09. The molecule has 66 valence electrons. The zero-order valence-electron chi connectivity index (χ0n) is 7.44. The van der Waals surface area contributed by atoms with Crippen LogP contribution in [-0.2, 0) is 6.42 Å². The van der Waals surface area contributed by atoms with E-state index in [1.807, 2.05) is 30.4 Å². The normalized spacial score (nSPS) is 10.2. The van der Waals surface area contributed by atoms with Gasteiger partial charge in [-0.05, 0) is 18.1 Å². The lowest BCUT2D eigenvalue weighted by molar-refractivity contribution is 0.112. The molecule has 0 spiro atoms. The molecule has 1 rings (SSSR count). The van der Waals surface area contributed by atoms with Crippen LogP contribution in [0.2, 0.25) is 0 Å². The number of hydrogen-bond acceptors (Lipinski definition) is 1. The van der Waals surface area contributed by atoms with Crippen LogP contribution in [0, 0.1) is 0 Å². The third kappa shape index (κ3) is 3.08. The lowest BCUT2D eigenvalue weighted by Crippen LogP contribution is -1.84. The van der Waals surface area contributed by atoms with Crippen LogP contribution >= 0.6 is 0 Å². The molecule has 0 radical (unpaired) electrons. The van der Waals surface area contributed by atoms with Gasteiger partial charge in [-0.25, -0.2) is 0 Å². The van der Waals surface area contributed by atoms with Crippen molar-refractivity contribution in [3.8, 4) is 0 Å². The maximum absolute atomic E-state index is 10.5. The minimum Gasteiger partial charge on any atom is -0.298 e. The molecule has 0 heterocycles. The van der Waals surface area contributed by atoms with Gasteiger partial charge in [0.2, 0.25) is 0 Å². The molecule has 1 nitrogen and oxygen atoms in total. The molecule has 0 unspecified atom stereocenters. The molecule has 1 heteroatoms. The van der Waals surface area contributed by atoms with Crippen LogP contribution < -0.4 is 0 Å². The molecule has 1 aromatic carbocycles.